The molecule has 0 fully saturated rings. The summed E-state index contributed by atoms with van der Waals surface area (Å²) in [7, 11) is 3.20. The fraction of sp³-hybridized carbons (Fsp3) is 0.292. The molecule has 1 heterocycles. The maximum atomic E-state index is 12.7. The van der Waals surface area contributed by atoms with Crippen molar-refractivity contribution in [2.24, 2.45) is 0 Å². The van der Waals surface area contributed by atoms with E-state index in [1.54, 1.807) is 50.6 Å². The number of methoxy groups -OCH3 is 2. The van der Waals surface area contributed by atoms with E-state index in [0.29, 0.717) is 65.9 Å². The molecule has 166 valence electrons. The highest BCUT2D eigenvalue weighted by molar-refractivity contribution is 6.05. The van der Waals surface area contributed by atoms with Gasteiger partial charge in [-0.25, -0.2) is 9.97 Å². The lowest BCUT2D eigenvalue weighted by Crippen LogP contribution is -2.24. The first-order valence-electron chi connectivity index (χ1n) is 9.98. The maximum Gasteiger partial charge on any atom is 0.229 e. The van der Waals surface area contributed by atoms with Crippen LogP contribution in [0.4, 0.5) is 11.5 Å². The van der Waals surface area contributed by atoms with Crippen LogP contribution in [0.1, 0.15) is 12.5 Å². The van der Waals surface area contributed by atoms with Gasteiger partial charge in [0, 0.05) is 38.2 Å². The molecule has 0 N–H and O–H groups in total. The molecule has 0 saturated carbocycles. The Balaban J connectivity index is 2.12. The third-order valence-corrected chi connectivity index (χ3v) is 4.57. The zero-order chi connectivity index (χ0) is 22.9. The summed E-state index contributed by atoms with van der Waals surface area (Å²) >= 11 is 0. The number of fused-ring (bicyclic) bond motifs is 1. The Morgan fingerprint density at radius 1 is 1.00 bits per heavy atom. The molecular weight excluding hydrogens is 410 g/mol. The molecular formula is C24H25N3O5. The summed E-state index contributed by atoms with van der Waals surface area (Å²) < 4.78 is 21.9. The molecule has 0 spiro atoms. The van der Waals surface area contributed by atoms with Crippen molar-refractivity contribution >= 4 is 28.3 Å². The number of nitrogens with zero attached hydrogens (tertiary/aromatic N) is 3. The van der Waals surface area contributed by atoms with Crippen molar-refractivity contribution in [3.8, 4) is 23.8 Å². The normalized spacial score (nSPS) is 10.6. The molecule has 0 atom stereocenters. The number of amides is 1. The van der Waals surface area contributed by atoms with E-state index in [1.807, 2.05) is 0 Å². The highest BCUT2D eigenvalue weighted by Crippen LogP contribution is 2.37. The van der Waals surface area contributed by atoms with Gasteiger partial charge in [0.25, 0.3) is 0 Å². The van der Waals surface area contributed by atoms with Crippen LogP contribution >= 0.6 is 0 Å². The van der Waals surface area contributed by atoms with E-state index in [1.165, 1.54) is 18.2 Å². The first-order chi connectivity index (χ1) is 15.6. The largest absolute Gasteiger partial charge is 0.487 e. The Hall–Kier alpha value is -3.67. The van der Waals surface area contributed by atoms with Crippen LogP contribution in [0.3, 0.4) is 0 Å². The minimum Gasteiger partial charge on any atom is -0.487 e. The van der Waals surface area contributed by atoms with E-state index in [2.05, 4.69) is 15.9 Å². The monoisotopic (exact) mass is 435 g/mol. The molecule has 0 saturated heterocycles. The zero-order valence-electron chi connectivity index (χ0n) is 18.3. The number of terminal acetylenes is 1. The maximum absolute atomic E-state index is 12.7. The first kappa shape index (κ1) is 23.0. The highest BCUT2D eigenvalue weighted by atomic mass is 16.5. The van der Waals surface area contributed by atoms with Crippen molar-refractivity contribution in [1.82, 2.24) is 9.97 Å². The van der Waals surface area contributed by atoms with Gasteiger partial charge < -0.3 is 18.9 Å². The summed E-state index contributed by atoms with van der Waals surface area (Å²) in [5.41, 5.74) is 1.86. The van der Waals surface area contributed by atoms with Crippen LogP contribution in [0.2, 0.25) is 0 Å². The fourth-order valence-electron chi connectivity index (χ4n) is 3.11. The first-order valence-corrected chi connectivity index (χ1v) is 9.98. The third-order valence-electron chi connectivity index (χ3n) is 4.57. The topological polar surface area (TPSA) is 83.0 Å². The molecule has 8 heteroatoms. The van der Waals surface area contributed by atoms with Gasteiger partial charge in [-0.05, 0) is 24.3 Å². The fourth-order valence-corrected chi connectivity index (χ4v) is 3.11. The summed E-state index contributed by atoms with van der Waals surface area (Å²) in [6.07, 6.45) is 6.95. The number of benzene rings is 2. The number of hydrogen-bond acceptors (Lipinski definition) is 7. The van der Waals surface area contributed by atoms with Gasteiger partial charge in [0.05, 0.1) is 24.4 Å². The molecule has 0 aliphatic carbocycles. The predicted molar refractivity (Wildman–Crippen MR) is 121 cm³/mol. The summed E-state index contributed by atoms with van der Waals surface area (Å²) in [5.74, 6) is 3.78. The molecule has 0 unspecified atom stereocenters. The summed E-state index contributed by atoms with van der Waals surface area (Å²) in [5, 5.41) is 0.625. The number of anilines is 2. The van der Waals surface area contributed by atoms with E-state index in [-0.39, 0.29) is 5.91 Å². The third kappa shape index (κ3) is 5.32. The van der Waals surface area contributed by atoms with Crippen molar-refractivity contribution in [3.63, 3.8) is 0 Å². The van der Waals surface area contributed by atoms with Crippen LogP contribution in [0.15, 0.2) is 42.7 Å². The molecule has 0 radical (unpaired) electrons. The van der Waals surface area contributed by atoms with Gasteiger partial charge in [-0.15, -0.1) is 6.42 Å². The lowest BCUT2D eigenvalue weighted by atomic mass is 10.1. The molecule has 2 aromatic carbocycles. The Labute approximate surface area is 187 Å². The van der Waals surface area contributed by atoms with Crippen LogP contribution < -0.4 is 14.4 Å². The molecule has 32 heavy (non-hydrogen) atoms. The average Bonchev–Trinajstić information content (AvgIpc) is 2.80. The summed E-state index contributed by atoms with van der Waals surface area (Å²) in [6, 6.07) is 10.7. The van der Waals surface area contributed by atoms with Gasteiger partial charge in [0.1, 0.15) is 19.5 Å². The Kier molecular flexibility index (Phi) is 7.97. The number of aromatic nitrogens is 2. The lowest BCUT2D eigenvalue weighted by Gasteiger charge is -2.22. The van der Waals surface area contributed by atoms with E-state index >= 15 is 0 Å². The van der Waals surface area contributed by atoms with E-state index in [4.69, 9.17) is 25.4 Å². The van der Waals surface area contributed by atoms with Crippen molar-refractivity contribution in [3.05, 3.63) is 48.3 Å². The predicted octanol–water partition coefficient (Wildman–Crippen LogP) is 3.35. The molecule has 0 bridgehead atoms. The summed E-state index contributed by atoms with van der Waals surface area (Å²) in [4.78, 5) is 22.9. The summed E-state index contributed by atoms with van der Waals surface area (Å²) in [6.45, 7) is 2.97. The highest BCUT2D eigenvalue weighted by Gasteiger charge is 2.21. The molecule has 8 nitrogen and oxygen atoms in total. The average molecular weight is 435 g/mol. The van der Waals surface area contributed by atoms with Gasteiger partial charge >= 0.3 is 0 Å². The van der Waals surface area contributed by atoms with Crippen LogP contribution in [0.25, 0.3) is 10.9 Å². The number of rotatable bonds is 10. The quantitative estimate of drug-likeness (QED) is 0.357. The molecule has 0 aliphatic heterocycles. The minimum atomic E-state index is -0.221. The van der Waals surface area contributed by atoms with Crippen LogP contribution in [0.5, 0.6) is 11.5 Å². The molecule has 1 aromatic heterocycles. The van der Waals surface area contributed by atoms with Gasteiger partial charge in [-0.3, -0.25) is 9.69 Å². The van der Waals surface area contributed by atoms with Crippen LogP contribution in [0, 0.1) is 12.3 Å². The Morgan fingerprint density at radius 3 is 2.31 bits per heavy atom. The molecule has 3 rings (SSSR count). The van der Waals surface area contributed by atoms with Gasteiger partial charge in [0.15, 0.2) is 17.3 Å². The second kappa shape index (κ2) is 11.1. The number of carbonyl (C=O) groups excluding carboxylic acids is 1. The second-order valence-electron chi connectivity index (χ2n) is 6.74. The van der Waals surface area contributed by atoms with E-state index < -0.39 is 0 Å². The number of carbonyl (C=O) groups is 1. The van der Waals surface area contributed by atoms with E-state index in [0.717, 1.165) is 0 Å². The Bertz CT molecular complexity index is 1130. The smallest absolute Gasteiger partial charge is 0.229 e. The van der Waals surface area contributed by atoms with Crippen LogP contribution in [-0.2, 0) is 14.3 Å². The standard InChI is InChI=1S/C24H25N3O5/c1-5-18-7-6-8-19(13-18)27(17(2)28)24-20-14-22(31-11-9-29-3)23(32-12-10-30-4)15-21(20)25-16-26-24/h1,6-8,13-16H,9-12H2,2-4H3. The van der Waals surface area contributed by atoms with Crippen molar-refractivity contribution in [2.45, 2.75) is 6.92 Å². The van der Waals surface area contributed by atoms with Crippen LogP contribution in [-0.4, -0.2) is 56.5 Å². The van der Waals surface area contributed by atoms with Gasteiger partial charge in [0.2, 0.25) is 5.91 Å². The Morgan fingerprint density at radius 2 is 1.69 bits per heavy atom. The number of ether oxygens (including phenoxy) is 4. The van der Waals surface area contributed by atoms with E-state index in [9.17, 15) is 4.79 Å². The molecule has 0 aliphatic rings. The van der Waals surface area contributed by atoms with Gasteiger partial charge in [-0.2, -0.15) is 0 Å². The molecule has 3 aromatic rings. The van der Waals surface area contributed by atoms with Gasteiger partial charge in [-0.1, -0.05) is 12.0 Å². The molecule has 1 amide bonds. The zero-order valence-corrected chi connectivity index (χ0v) is 18.3. The SMILES string of the molecule is C#Cc1cccc(N(C(C)=O)c2ncnc3cc(OCCOC)c(OCCOC)cc23)c1. The second-order valence-corrected chi connectivity index (χ2v) is 6.74. The lowest BCUT2D eigenvalue weighted by molar-refractivity contribution is -0.115. The minimum absolute atomic E-state index is 0.221. The van der Waals surface area contributed by atoms with Crippen molar-refractivity contribution in [2.75, 3.05) is 45.5 Å². The number of hydrogen-bond donors (Lipinski definition) is 0. The van der Waals surface area contributed by atoms with Crippen molar-refractivity contribution < 1.29 is 23.7 Å². The van der Waals surface area contributed by atoms with Crippen molar-refractivity contribution in [1.29, 1.82) is 0 Å².